The number of amides is 4. The Labute approximate surface area is 827 Å². The van der Waals surface area contributed by atoms with Gasteiger partial charge in [-0.05, 0) is 238 Å². The van der Waals surface area contributed by atoms with Crippen molar-refractivity contribution >= 4 is 137 Å². The lowest BCUT2D eigenvalue weighted by Crippen LogP contribution is -2.50. The number of methoxy groups -OCH3 is 3. The van der Waals surface area contributed by atoms with Gasteiger partial charge in [-0.3, -0.25) is 24.2 Å². The van der Waals surface area contributed by atoms with Gasteiger partial charge in [0.05, 0.1) is 114 Å². The highest BCUT2D eigenvalue weighted by Crippen LogP contribution is 2.43. The SMILES string of the molecule is CC(C)(C)OC(=O)N1CCN(c2ccc(Br)nc2)CC1.CC(C)(C)OC=O.COc1ccc([C@@H](C)N2C[C@H]([C@@H](C)Oc3cc(-c4ccc(N5CCNCC5)cn4)cn4ncc(Cl)c34)CC2=O)cc1.COc1ccc([C@@H](C)N2C[C@H]([C@@H](C)Oc3cc(B4OC(C)(C)C(C)(C)O4)cn4ncc(Cl)c34)CC2=O)cc1.COc1ccc([C@@H](C)N2C[C@H]([C@@H](C)Oc3cc(Br)cn4ncc(Cl)c34)CC2=O)cc1. The molecule has 6 fully saturated rings. The third-order valence-corrected chi connectivity index (χ3v) is 27.5. The molecule has 17 rings (SSSR count). The van der Waals surface area contributed by atoms with Gasteiger partial charge in [-0.1, -0.05) is 71.2 Å². The molecular formula is C100H123BBr2Cl3N15O15. The number of rotatable bonds is 23. The second kappa shape index (κ2) is 44.4. The number of aromatic nitrogens is 8. The van der Waals surface area contributed by atoms with E-state index < -0.39 is 23.9 Å². The monoisotopic (exact) mass is 2050 g/mol. The van der Waals surface area contributed by atoms with E-state index in [0.717, 1.165) is 116 Å². The molecule has 30 nitrogen and oxygen atoms in total. The van der Waals surface area contributed by atoms with Crippen LogP contribution in [0.4, 0.5) is 16.2 Å². The van der Waals surface area contributed by atoms with Crippen molar-refractivity contribution in [2.24, 2.45) is 17.8 Å². The number of carbonyl (C=O) groups excluding carboxylic acids is 5. The summed E-state index contributed by atoms with van der Waals surface area (Å²) in [4.78, 5) is 81.5. The summed E-state index contributed by atoms with van der Waals surface area (Å²) in [7, 11) is 4.36. The molecule has 0 aliphatic carbocycles. The number of hydrogen-bond acceptors (Lipinski definition) is 23. The van der Waals surface area contributed by atoms with Gasteiger partial charge in [0, 0.05) is 143 Å². The number of hydrogen-bond donors (Lipinski definition) is 1. The summed E-state index contributed by atoms with van der Waals surface area (Å²) >= 11 is 26.2. The largest absolute Gasteiger partial charge is 0.497 e. The van der Waals surface area contributed by atoms with Crippen LogP contribution < -0.4 is 49.0 Å². The standard InChI is InChI=1S/C31H35ClN6O3.C28H35BClN3O5.C22H23BrClN3O3.C14H20BrN3O2.C5H10O2/c1-20(22-4-7-26(40-3)8-5-22)37-18-23(15-30(37)39)21(2)41-29-14-24(19-38-31(29)27(32)17-35-38)28-9-6-25(16-34-28)36-12-10-33-11-13-36;1-17(19-8-10-22(35-7)11-9-19)32-15-20(12-25(32)34)18(2)36-24-13-21(16-33-26(24)23(30)14-31-33)29-37-27(3,4)28(5,6)38-29;1-13(15-4-6-18(29-3)7-5-15)26-11-16(8-21(26)28)14(2)30-20-9-17(23)12-27-22(20)19(24)10-25-27;1-14(2,3)20-13(19)18-8-6-17(7-9-18)11-4-5-12(15)16-10-11;1-5(2,3)7-4-6/h4-9,14,16-17,19-21,23,33H,10-13,15,18H2,1-3H3;8-11,13-14,16-18,20H,12,15H2,1-7H3;4-7,9-10,12-14,16H,8,11H2,1-3H3;4-5,10H,6-9H2,1-3H3;4H,1-3H3/t20-,21-,23-;17-,18-,20-;13-,14-,16-;;/m111../s1. The highest BCUT2D eigenvalue weighted by Gasteiger charge is 2.52. The zero-order valence-corrected chi connectivity index (χ0v) is 86.1. The van der Waals surface area contributed by atoms with Crippen LogP contribution in [0.15, 0.2) is 174 Å². The van der Waals surface area contributed by atoms with E-state index in [-0.39, 0.29) is 83.6 Å². The molecule has 4 amide bonds. The number of likely N-dealkylation sites (tertiary alicyclic amines) is 3. The van der Waals surface area contributed by atoms with Gasteiger partial charge in [0.25, 0.3) is 6.47 Å². The zero-order valence-electron chi connectivity index (χ0n) is 80.6. The van der Waals surface area contributed by atoms with Crippen molar-refractivity contribution in [1.29, 1.82) is 0 Å². The van der Waals surface area contributed by atoms with Gasteiger partial charge < -0.3 is 81.9 Å². The second-order valence-corrected chi connectivity index (χ2v) is 40.8. The van der Waals surface area contributed by atoms with Crippen molar-refractivity contribution in [3.8, 4) is 45.8 Å². The fourth-order valence-corrected chi connectivity index (χ4v) is 18.2. The molecule has 0 bridgehead atoms. The van der Waals surface area contributed by atoms with Gasteiger partial charge in [-0.25, -0.2) is 23.3 Å². The molecule has 0 saturated carbocycles. The van der Waals surface area contributed by atoms with E-state index in [2.05, 4.69) is 98.8 Å². The number of nitrogens with one attached hydrogen (secondary N) is 1. The minimum absolute atomic E-state index is 0.0116. The normalized spacial score (nSPS) is 19.0. The molecule has 1 N–H and O–H groups in total. The molecule has 9 atom stereocenters. The predicted octanol–water partition coefficient (Wildman–Crippen LogP) is 18.5. The van der Waals surface area contributed by atoms with Crippen LogP contribution in [0.3, 0.4) is 0 Å². The quantitative estimate of drug-likeness (QED) is 0.0354. The average molecular weight is 2050 g/mol. The van der Waals surface area contributed by atoms with E-state index in [0.29, 0.717) is 102 Å². The maximum Gasteiger partial charge on any atom is 0.496 e. The maximum absolute atomic E-state index is 13.1. The molecule has 0 unspecified atom stereocenters. The van der Waals surface area contributed by atoms with Gasteiger partial charge >= 0.3 is 13.2 Å². The highest BCUT2D eigenvalue weighted by atomic mass is 79.9. The first-order chi connectivity index (χ1) is 64.6. The lowest BCUT2D eigenvalue weighted by Gasteiger charge is -2.36. The smallest absolute Gasteiger partial charge is 0.496 e. The number of fused-ring (bicyclic) bond motifs is 3. The van der Waals surface area contributed by atoms with Crippen LogP contribution in [-0.4, -0.2) is 230 Å². The number of halogens is 5. The summed E-state index contributed by atoms with van der Waals surface area (Å²) in [6.45, 7) is 40.5. The topological polar surface area (TPSA) is 287 Å². The van der Waals surface area contributed by atoms with Gasteiger partial charge in [0.15, 0.2) is 0 Å². The van der Waals surface area contributed by atoms with Crippen LogP contribution >= 0.6 is 66.7 Å². The maximum atomic E-state index is 13.1. The summed E-state index contributed by atoms with van der Waals surface area (Å²) in [5.74, 6) is 4.77. The second-order valence-electron chi connectivity index (χ2n) is 37.8. The molecule has 6 aliphatic rings. The molecule has 11 aromatic rings. The van der Waals surface area contributed by atoms with Gasteiger partial charge in [-0.2, -0.15) is 15.3 Å². The summed E-state index contributed by atoms with van der Waals surface area (Å²) in [5, 5.41) is 18.0. The van der Waals surface area contributed by atoms with Crippen LogP contribution in [0, 0.1) is 17.8 Å². The number of benzene rings is 3. The summed E-state index contributed by atoms with van der Waals surface area (Å²) in [6, 6.07) is 37.3. The lowest BCUT2D eigenvalue weighted by molar-refractivity contribution is -0.138. The van der Waals surface area contributed by atoms with Crippen LogP contribution in [0.5, 0.6) is 34.5 Å². The number of piperazine rings is 2. The molecule has 14 heterocycles. The Balaban J connectivity index is 0.000000153. The van der Waals surface area contributed by atoms with Crippen molar-refractivity contribution in [2.45, 2.75) is 189 Å². The van der Waals surface area contributed by atoms with E-state index in [9.17, 15) is 24.0 Å². The Kier molecular flexibility index (Phi) is 33.6. The highest BCUT2D eigenvalue weighted by molar-refractivity contribution is 9.10. The first-order valence-corrected chi connectivity index (χ1v) is 48.5. The first-order valence-electron chi connectivity index (χ1n) is 45.8. The minimum atomic E-state index is -0.570. The Morgan fingerprint density at radius 3 is 1.26 bits per heavy atom. The number of ether oxygens (including phenoxy) is 8. The first kappa shape index (κ1) is 103. The number of carbonyl (C=O) groups is 5. The fraction of sp³-hybridized carbons (Fsp3) is 0.460. The van der Waals surface area contributed by atoms with E-state index in [1.54, 1.807) is 58.4 Å². The third-order valence-electron chi connectivity index (χ3n) is 25.7. The number of anilines is 2. The molecule has 6 saturated heterocycles. The molecule has 726 valence electrons. The Bertz CT molecular complexity index is 5920. The summed E-state index contributed by atoms with van der Waals surface area (Å²) in [6.07, 6.45) is 14.6. The van der Waals surface area contributed by atoms with Gasteiger partial charge in [0.2, 0.25) is 17.7 Å². The predicted molar refractivity (Wildman–Crippen MR) is 535 cm³/mol. The van der Waals surface area contributed by atoms with E-state index in [4.69, 9.17) is 82.3 Å². The minimum Gasteiger partial charge on any atom is -0.497 e. The summed E-state index contributed by atoms with van der Waals surface area (Å²) in [5.41, 5.74) is 8.29. The van der Waals surface area contributed by atoms with Crippen LogP contribution in [0.25, 0.3) is 27.8 Å². The number of pyridine rings is 5. The van der Waals surface area contributed by atoms with Crippen molar-refractivity contribution in [3.63, 3.8) is 0 Å². The van der Waals surface area contributed by atoms with E-state index in [1.165, 1.54) is 0 Å². The Hall–Kier alpha value is -10.6. The molecule has 136 heavy (non-hydrogen) atoms. The van der Waals surface area contributed by atoms with Crippen molar-refractivity contribution < 1.29 is 71.2 Å². The molecule has 36 heteroatoms. The van der Waals surface area contributed by atoms with E-state index >= 15 is 0 Å². The fourth-order valence-electron chi connectivity index (χ4n) is 16.9. The van der Waals surface area contributed by atoms with E-state index in [1.807, 2.05) is 245 Å². The molecule has 0 radical (unpaired) electrons. The molecular weight excluding hydrogens is 1930 g/mol. The van der Waals surface area contributed by atoms with Crippen LogP contribution in [0.1, 0.15) is 165 Å². The van der Waals surface area contributed by atoms with Crippen molar-refractivity contribution in [3.05, 3.63) is 206 Å². The zero-order chi connectivity index (χ0) is 98.0. The molecule has 6 aliphatic heterocycles. The number of nitrogens with zero attached hydrogens (tertiary/aromatic N) is 14. The van der Waals surface area contributed by atoms with Crippen LogP contribution in [-0.2, 0) is 38.0 Å². The molecule has 8 aromatic heterocycles. The lowest BCUT2D eigenvalue weighted by atomic mass is 9.80. The van der Waals surface area contributed by atoms with Crippen LogP contribution in [0.2, 0.25) is 15.1 Å². The van der Waals surface area contributed by atoms with Gasteiger partial charge in [-0.15, -0.1) is 0 Å². The van der Waals surface area contributed by atoms with Gasteiger partial charge in [0.1, 0.15) is 85.2 Å². The van der Waals surface area contributed by atoms with Crippen molar-refractivity contribution in [1.82, 2.24) is 63.7 Å². The third kappa shape index (κ3) is 25.3. The van der Waals surface area contributed by atoms with Crippen molar-refractivity contribution in [2.75, 3.05) is 103 Å². The average Bonchev–Trinajstić information content (AvgIpc) is 1.61. The molecule has 3 aromatic carbocycles. The molecule has 0 spiro atoms. The Morgan fingerprint density at radius 1 is 0.500 bits per heavy atom. The Morgan fingerprint density at radius 2 is 0.890 bits per heavy atom. The summed E-state index contributed by atoms with van der Waals surface area (Å²) < 4.78 is 64.4.